The van der Waals surface area contributed by atoms with E-state index in [9.17, 15) is 0 Å². The molecule has 130 valence electrons. The molecule has 0 fully saturated rings. The average molecular weight is 342 g/mol. The van der Waals surface area contributed by atoms with Crippen LogP contribution in [0.3, 0.4) is 0 Å². The first-order valence-electron chi connectivity index (χ1n) is 8.80. The van der Waals surface area contributed by atoms with Crippen LogP contribution in [0.5, 0.6) is 0 Å². The molecule has 4 nitrogen and oxygen atoms in total. The molecule has 0 bridgehead atoms. The van der Waals surface area contributed by atoms with Gasteiger partial charge in [-0.05, 0) is 54.8 Å². The molecule has 0 spiro atoms. The number of anilines is 3. The van der Waals surface area contributed by atoms with Gasteiger partial charge in [0.05, 0.1) is 11.0 Å². The lowest BCUT2D eigenvalue weighted by Gasteiger charge is -2.09. The maximum Gasteiger partial charge on any atom is 0.205 e. The number of nitrogens with one attached hydrogen (secondary N) is 3. The number of hydrogen-bond donors (Lipinski definition) is 3. The van der Waals surface area contributed by atoms with E-state index in [1.807, 2.05) is 18.2 Å². The first-order chi connectivity index (χ1) is 12.7. The number of rotatable bonds is 5. The van der Waals surface area contributed by atoms with E-state index >= 15 is 0 Å². The van der Waals surface area contributed by atoms with Gasteiger partial charge in [-0.15, -0.1) is 0 Å². The first kappa shape index (κ1) is 16.2. The standard InChI is InChI=1S/C22H22N4/c1-15-7-6-8-16(2)21(15)26-22-24-19-12-11-17(13-20(19)25-22)14-23-18-9-4-3-5-10-18/h3-13,23H,14H2,1-2H3,(H2,24,25,26). The topological polar surface area (TPSA) is 52.7 Å². The molecular formula is C22H22N4. The van der Waals surface area contributed by atoms with E-state index in [2.05, 4.69) is 83.0 Å². The van der Waals surface area contributed by atoms with Crippen molar-refractivity contribution in [2.75, 3.05) is 10.6 Å². The Hall–Kier alpha value is -3.27. The summed E-state index contributed by atoms with van der Waals surface area (Å²) in [7, 11) is 0. The fraction of sp³-hybridized carbons (Fsp3) is 0.136. The molecule has 0 radical (unpaired) electrons. The summed E-state index contributed by atoms with van der Waals surface area (Å²) in [4.78, 5) is 8.05. The summed E-state index contributed by atoms with van der Waals surface area (Å²) in [6.45, 7) is 4.98. The van der Waals surface area contributed by atoms with Gasteiger partial charge >= 0.3 is 0 Å². The van der Waals surface area contributed by atoms with Crippen molar-refractivity contribution in [3.8, 4) is 0 Å². The molecule has 0 saturated heterocycles. The van der Waals surface area contributed by atoms with Crippen LogP contribution in [0.15, 0.2) is 66.7 Å². The molecule has 4 rings (SSSR count). The highest BCUT2D eigenvalue weighted by molar-refractivity contribution is 5.79. The quantitative estimate of drug-likeness (QED) is 0.446. The maximum atomic E-state index is 4.66. The van der Waals surface area contributed by atoms with E-state index in [1.54, 1.807) is 0 Å². The normalized spacial score (nSPS) is 10.8. The van der Waals surface area contributed by atoms with E-state index in [4.69, 9.17) is 0 Å². The van der Waals surface area contributed by atoms with Crippen molar-refractivity contribution in [3.63, 3.8) is 0 Å². The van der Waals surface area contributed by atoms with Crippen molar-refractivity contribution in [1.82, 2.24) is 9.97 Å². The summed E-state index contributed by atoms with van der Waals surface area (Å²) in [5, 5.41) is 6.86. The Morgan fingerprint density at radius 2 is 1.65 bits per heavy atom. The average Bonchev–Trinajstić information content (AvgIpc) is 3.06. The van der Waals surface area contributed by atoms with Gasteiger partial charge in [-0.3, -0.25) is 0 Å². The monoisotopic (exact) mass is 342 g/mol. The number of aromatic amines is 1. The molecule has 0 saturated carbocycles. The lowest BCUT2D eigenvalue weighted by molar-refractivity contribution is 1.15. The van der Waals surface area contributed by atoms with Crippen LogP contribution < -0.4 is 10.6 Å². The molecule has 26 heavy (non-hydrogen) atoms. The lowest BCUT2D eigenvalue weighted by Crippen LogP contribution is -1.98. The molecule has 0 amide bonds. The van der Waals surface area contributed by atoms with Gasteiger partial charge < -0.3 is 15.6 Å². The molecule has 1 aromatic heterocycles. The summed E-state index contributed by atoms with van der Waals surface area (Å²) in [5.74, 6) is 0.769. The number of para-hydroxylation sites is 2. The molecular weight excluding hydrogens is 320 g/mol. The number of imidazole rings is 1. The smallest absolute Gasteiger partial charge is 0.205 e. The van der Waals surface area contributed by atoms with Crippen LogP contribution in [0.2, 0.25) is 0 Å². The predicted octanol–water partition coefficient (Wildman–Crippen LogP) is 5.54. The van der Waals surface area contributed by atoms with Crippen LogP contribution >= 0.6 is 0 Å². The third-order valence-corrected chi connectivity index (χ3v) is 4.54. The number of benzene rings is 3. The van der Waals surface area contributed by atoms with Gasteiger partial charge in [-0.2, -0.15) is 0 Å². The van der Waals surface area contributed by atoms with Gasteiger partial charge in [0.2, 0.25) is 5.95 Å². The molecule has 4 heteroatoms. The van der Waals surface area contributed by atoms with Gasteiger partial charge in [0.25, 0.3) is 0 Å². The van der Waals surface area contributed by atoms with Crippen LogP contribution in [0.25, 0.3) is 11.0 Å². The number of aromatic nitrogens is 2. The van der Waals surface area contributed by atoms with Crippen LogP contribution in [0, 0.1) is 13.8 Å². The van der Waals surface area contributed by atoms with Crippen LogP contribution in [0.4, 0.5) is 17.3 Å². The van der Waals surface area contributed by atoms with Crippen LogP contribution in [0.1, 0.15) is 16.7 Å². The van der Waals surface area contributed by atoms with Crippen molar-refractivity contribution in [2.24, 2.45) is 0 Å². The van der Waals surface area contributed by atoms with E-state index in [1.165, 1.54) is 16.7 Å². The molecule has 3 N–H and O–H groups in total. The minimum Gasteiger partial charge on any atom is -0.381 e. The fourth-order valence-corrected chi connectivity index (χ4v) is 3.12. The van der Waals surface area contributed by atoms with Crippen molar-refractivity contribution in [1.29, 1.82) is 0 Å². The molecule has 0 aliphatic heterocycles. The Morgan fingerprint density at radius 1 is 0.885 bits per heavy atom. The highest BCUT2D eigenvalue weighted by Gasteiger charge is 2.07. The first-order valence-corrected chi connectivity index (χ1v) is 8.80. The molecule has 4 aromatic rings. The Morgan fingerprint density at radius 3 is 2.42 bits per heavy atom. The fourth-order valence-electron chi connectivity index (χ4n) is 3.12. The second-order valence-corrected chi connectivity index (χ2v) is 6.55. The molecule has 3 aromatic carbocycles. The zero-order chi connectivity index (χ0) is 17.9. The zero-order valence-corrected chi connectivity index (χ0v) is 15.0. The number of nitrogens with zero attached hydrogens (tertiary/aromatic N) is 1. The number of aryl methyl sites for hydroxylation is 2. The van der Waals surface area contributed by atoms with Gasteiger partial charge in [-0.1, -0.05) is 42.5 Å². The predicted molar refractivity (Wildman–Crippen MR) is 109 cm³/mol. The second kappa shape index (κ2) is 6.92. The van der Waals surface area contributed by atoms with Crippen LogP contribution in [-0.2, 0) is 6.54 Å². The van der Waals surface area contributed by atoms with Crippen molar-refractivity contribution >= 4 is 28.4 Å². The molecule has 0 unspecified atom stereocenters. The maximum absolute atomic E-state index is 4.66. The van der Waals surface area contributed by atoms with E-state index in [0.29, 0.717) is 0 Å². The second-order valence-electron chi connectivity index (χ2n) is 6.55. The van der Waals surface area contributed by atoms with E-state index < -0.39 is 0 Å². The van der Waals surface area contributed by atoms with Gasteiger partial charge in [0.15, 0.2) is 0 Å². The third-order valence-electron chi connectivity index (χ3n) is 4.54. The van der Waals surface area contributed by atoms with E-state index in [-0.39, 0.29) is 0 Å². The molecule has 1 heterocycles. The summed E-state index contributed by atoms with van der Waals surface area (Å²) < 4.78 is 0. The summed E-state index contributed by atoms with van der Waals surface area (Å²) in [6.07, 6.45) is 0. The minimum absolute atomic E-state index is 0.769. The number of H-pyrrole nitrogens is 1. The van der Waals surface area contributed by atoms with Crippen LogP contribution in [-0.4, -0.2) is 9.97 Å². The summed E-state index contributed by atoms with van der Waals surface area (Å²) in [5.41, 5.74) is 7.85. The summed E-state index contributed by atoms with van der Waals surface area (Å²) in [6, 6.07) is 22.8. The van der Waals surface area contributed by atoms with Crippen molar-refractivity contribution in [3.05, 3.63) is 83.4 Å². The zero-order valence-electron chi connectivity index (χ0n) is 15.0. The van der Waals surface area contributed by atoms with Gasteiger partial charge in [0, 0.05) is 17.9 Å². The highest BCUT2D eigenvalue weighted by Crippen LogP contribution is 2.25. The Balaban J connectivity index is 1.54. The van der Waals surface area contributed by atoms with Gasteiger partial charge in [-0.25, -0.2) is 4.98 Å². The van der Waals surface area contributed by atoms with Gasteiger partial charge in [0.1, 0.15) is 0 Å². The van der Waals surface area contributed by atoms with E-state index in [0.717, 1.165) is 34.9 Å². The number of fused-ring (bicyclic) bond motifs is 1. The summed E-state index contributed by atoms with van der Waals surface area (Å²) >= 11 is 0. The highest BCUT2D eigenvalue weighted by atomic mass is 15.1. The Bertz CT molecular complexity index is 1010. The van der Waals surface area contributed by atoms with Crippen molar-refractivity contribution in [2.45, 2.75) is 20.4 Å². The number of hydrogen-bond acceptors (Lipinski definition) is 3. The van der Waals surface area contributed by atoms with Crippen molar-refractivity contribution < 1.29 is 0 Å². The molecule has 0 atom stereocenters. The Kier molecular flexibility index (Phi) is 4.32. The molecule has 0 aliphatic rings. The lowest BCUT2D eigenvalue weighted by atomic mass is 10.1. The largest absolute Gasteiger partial charge is 0.381 e. The minimum atomic E-state index is 0.769. The molecule has 0 aliphatic carbocycles. The SMILES string of the molecule is Cc1cccc(C)c1Nc1nc2ccc(CNc3ccccc3)cc2[nH]1. The Labute approximate surface area is 153 Å². The third kappa shape index (κ3) is 3.40.